The maximum absolute atomic E-state index is 9.66. The maximum Gasteiger partial charge on any atom is 0.409 e. The molecule has 3 heteroatoms. The van der Waals surface area contributed by atoms with Crippen molar-refractivity contribution in [3.8, 4) is 11.6 Å². The molecule has 0 amide bonds. The van der Waals surface area contributed by atoms with Gasteiger partial charge in [0.15, 0.2) is 6.20 Å². The van der Waals surface area contributed by atoms with Crippen LogP contribution in [0.1, 0.15) is 5.56 Å². The first kappa shape index (κ1) is 8.81. The monoisotopic (exact) mass is 190 g/mol. The van der Waals surface area contributed by atoms with Crippen LogP contribution < -0.4 is 4.57 Å². The molecule has 0 spiro atoms. The van der Waals surface area contributed by atoms with E-state index in [1.54, 1.807) is 19.3 Å². The Hall–Kier alpha value is -1.77. The Labute approximate surface area is 81.9 Å². The van der Waals surface area contributed by atoms with E-state index >= 15 is 0 Å². The second-order valence-electron chi connectivity index (χ2n) is 3.50. The molecular formula is C11H12NO2+. The van der Waals surface area contributed by atoms with Crippen molar-refractivity contribution in [2.75, 3.05) is 0 Å². The molecule has 2 N–H and O–H groups in total. The highest BCUT2D eigenvalue weighted by Gasteiger charge is 2.15. The number of hydrogen-bond donors (Lipinski definition) is 2. The fraction of sp³-hybridized carbons (Fsp3) is 0.182. The number of aromatic hydroxyl groups is 2. The molecule has 0 unspecified atom stereocenters. The van der Waals surface area contributed by atoms with Gasteiger partial charge in [-0.2, -0.15) is 4.57 Å². The lowest BCUT2D eigenvalue weighted by Gasteiger charge is -2.01. The average molecular weight is 190 g/mol. The third kappa shape index (κ3) is 1.18. The van der Waals surface area contributed by atoms with Gasteiger partial charge in [0.1, 0.15) is 7.05 Å². The van der Waals surface area contributed by atoms with Crippen LogP contribution in [-0.4, -0.2) is 10.2 Å². The second-order valence-corrected chi connectivity index (χ2v) is 3.50. The molecule has 0 bridgehead atoms. The molecule has 0 aliphatic heterocycles. The minimum Gasteiger partial charge on any atom is -0.499 e. The number of pyridine rings is 1. The Balaban J connectivity index is 2.91. The topological polar surface area (TPSA) is 44.3 Å². The van der Waals surface area contributed by atoms with Crippen molar-refractivity contribution in [3.05, 3.63) is 30.0 Å². The van der Waals surface area contributed by atoms with E-state index in [4.69, 9.17) is 0 Å². The fourth-order valence-electron chi connectivity index (χ4n) is 1.56. The molecule has 3 nitrogen and oxygen atoms in total. The molecule has 0 atom stereocenters. The summed E-state index contributed by atoms with van der Waals surface area (Å²) in [6, 6.07) is 5.68. The van der Waals surface area contributed by atoms with E-state index in [1.165, 1.54) is 4.57 Å². The molecular weight excluding hydrogens is 178 g/mol. The summed E-state index contributed by atoms with van der Waals surface area (Å²) < 4.78 is 1.50. The number of aromatic nitrogens is 1. The Bertz CT molecular complexity index is 506. The number of nitrogens with zero attached hydrogens (tertiary/aromatic N) is 1. The molecule has 0 aliphatic carbocycles. The van der Waals surface area contributed by atoms with Crippen molar-refractivity contribution in [1.29, 1.82) is 0 Å². The van der Waals surface area contributed by atoms with Gasteiger partial charge in [-0.05, 0) is 19.1 Å². The first-order valence-electron chi connectivity index (χ1n) is 4.40. The van der Waals surface area contributed by atoms with Gasteiger partial charge in [0.25, 0.3) is 0 Å². The zero-order valence-corrected chi connectivity index (χ0v) is 8.15. The SMILES string of the molecule is Cc1ccc2c(O)c(O)[n+](C)cc2c1. The molecule has 0 aliphatic rings. The third-order valence-corrected chi connectivity index (χ3v) is 2.34. The third-order valence-electron chi connectivity index (χ3n) is 2.34. The van der Waals surface area contributed by atoms with E-state index in [0.717, 1.165) is 10.9 Å². The van der Waals surface area contributed by atoms with Crippen molar-refractivity contribution in [2.45, 2.75) is 6.92 Å². The molecule has 0 saturated heterocycles. The molecule has 0 saturated carbocycles. The number of aryl methyl sites for hydroxylation is 2. The molecule has 2 aromatic rings. The van der Waals surface area contributed by atoms with Gasteiger partial charge >= 0.3 is 5.88 Å². The largest absolute Gasteiger partial charge is 0.499 e. The summed E-state index contributed by atoms with van der Waals surface area (Å²) in [5, 5.41) is 20.7. The first-order chi connectivity index (χ1) is 6.59. The van der Waals surface area contributed by atoms with Crippen LogP contribution in [0.4, 0.5) is 0 Å². The van der Waals surface area contributed by atoms with Gasteiger partial charge in [0.05, 0.1) is 0 Å². The maximum atomic E-state index is 9.66. The zero-order chi connectivity index (χ0) is 10.3. The van der Waals surface area contributed by atoms with E-state index in [2.05, 4.69) is 0 Å². The highest BCUT2D eigenvalue weighted by Crippen LogP contribution is 2.29. The van der Waals surface area contributed by atoms with E-state index in [0.29, 0.717) is 5.39 Å². The smallest absolute Gasteiger partial charge is 0.409 e. The van der Waals surface area contributed by atoms with Gasteiger partial charge in [-0.25, -0.2) is 0 Å². The molecule has 72 valence electrons. The highest BCUT2D eigenvalue weighted by molar-refractivity contribution is 5.88. The van der Waals surface area contributed by atoms with E-state index in [1.807, 2.05) is 19.1 Å². The number of rotatable bonds is 0. The van der Waals surface area contributed by atoms with E-state index in [-0.39, 0.29) is 11.6 Å². The zero-order valence-electron chi connectivity index (χ0n) is 8.15. The lowest BCUT2D eigenvalue weighted by molar-refractivity contribution is -0.676. The van der Waals surface area contributed by atoms with Gasteiger partial charge < -0.3 is 10.2 Å². The predicted octanol–water partition coefficient (Wildman–Crippen LogP) is 1.38. The van der Waals surface area contributed by atoms with E-state index in [9.17, 15) is 10.2 Å². The van der Waals surface area contributed by atoms with Crippen molar-refractivity contribution < 1.29 is 14.8 Å². The van der Waals surface area contributed by atoms with Crippen molar-refractivity contribution in [1.82, 2.24) is 0 Å². The summed E-state index contributed by atoms with van der Waals surface area (Å²) in [5.41, 5.74) is 1.13. The molecule has 2 rings (SSSR count). The van der Waals surface area contributed by atoms with Crippen LogP contribution in [0.2, 0.25) is 0 Å². The predicted molar refractivity (Wildman–Crippen MR) is 53.2 cm³/mol. The van der Waals surface area contributed by atoms with Crippen molar-refractivity contribution in [2.24, 2.45) is 7.05 Å². The minimum absolute atomic E-state index is 0.0648. The molecule has 0 fully saturated rings. The van der Waals surface area contributed by atoms with E-state index < -0.39 is 0 Å². The van der Waals surface area contributed by atoms with Gasteiger partial charge in [-0.3, -0.25) is 0 Å². The van der Waals surface area contributed by atoms with Gasteiger partial charge in [0, 0.05) is 10.8 Å². The second kappa shape index (κ2) is 2.87. The standard InChI is InChI=1S/C11H11NO2/c1-7-3-4-9-8(5-7)6-12(2)11(14)10(9)13/h3-6,13H,1-2H3/p+1. The van der Waals surface area contributed by atoms with Crippen LogP contribution in [0.15, 0.2) is 24.4 Å². The van der Waals surface area contributed by atoms with Crippen molar-refractivity contribution >= 4 is 10.8 Å². The van der Waals surface area contributed by atoms with Crippen LogP contribution in [0, 0.1) is 6.92 Å². The number of fused-ring (bicyclic) bond motifs is 1. The highest BCUT2D eigenvalue weighted by atomic mass is 16.3. The Morgan fingerprint density at radius 1 is 1.21 bits per heavy atom. The Morgan fingerprint density at radius 2 is 1.93 bits per heavy atom. The quantitative estimate of drug-likeness (QED) is 0.616. The molecule has 1 aromatic carbocycles. The lowest BCUT2D eigenvalue weighted by atomic mass is 10.1. The van der Waals surface area contributed by atoms with Crippen LogP contribution in [-0.2, 0) is 7.05 Å². The van der Waals surface area contributed by atoms with Gasteiger partial charge in [-0.1, -0.05) is 11.6 Å². The molecule has 0 radical (unpaired) electrons. The summed E-state index contributed by atoms with van der Waals surface area (Å²) in [6.45, 7) is 1.99. The molecule has 14 heavy (non-hydrogen) atoms. The normalized spacial score (nSPS) is 10.7. The summed E-state index contributed by atoms with van der Waals surface area (Å²) in [6.07, 6.45) is 1.79. The fourth-order valence-corrected chi connectivity index (χ4v) is 1.56. The summed E-state index contributed by atoms with van der Waals surface area (Å²) in [4.78, 5) is 0. The first-order valence-corrected chi connectivity index (χ1v) is 4.40. The Kier molecular flexibility index (Phi) is 1.81. The molecule has 1 aromatic heterocycles. The van der Waals surface area contributed by atoms with Crippen LogP contribution in [0.25, 0.3) is 10.8 Å². The van der Waals surface area contributed by atoms with Crippen LogP contribution in [0.5, 0.6) is 11.6 Å². The van der Waals surface area contributed by atoms with Crippen LogP contribution in [0.3, 0.4) is 0 Å². The van der Waals surface area contributed by atoms with Gasteiger partial charge in [0.2, 0.25) is 5.75 Å². The summed E-state index contributed by atoms with van der Waals surface area (Å²) >= 11 is 0. The number of hydrogen-bond acceptors (Lipinski definition) is 2. The average Bonchev–Trinajstić information content (AvgIpc) is 2.14. The number of benzene rings is 1. The lowest BCUT2D eigenvalue weighted by Crippen LogP contribution is -2.27. The summed E-state index contributed by atoms with van der Waals surface area (Å²) in [5.74, 6) is -0.175. The van der Waals surface area contributed by atoms with Crippen molar-refractivity contribution in [3.63, 3.8) is 0 Å². The molecule has 1 heterocycles. The van der Waals surface area contributed by atoms with Gasteiger partial charge in [-0.15, -0.1) is 0 Å². The Morgan fingerprint density at radius 3 is 2.64 bits per heavy atom. The van der Waals surface area contributed by atoms with Crippen LogP contribution >= 0.6 is 0 Å². The minimum atomic E-state index is -0.110. The summed E-state index contributed by atoms with van der Waals surface area (Å²) in [7, 11) is 1.69.